The maximum absolute atomic E-state index is 11.7. The van der Waals surface area contributed by atoms with Crippen molar-refractivity contribution in [2.75, 3.05) is 35.2 Å². The van der Waals surface area contributed by atoms with Gasteiger partial charge in [-0.15, -0.1) is 0 Å². The Balaban J connectivity index is 2.00. The number of anilines is 3. The highest BCUT2D eigenvalue weighted by Crippen LogP contribution is 2.21. The highest BCUT2D eigenvalue weighted by Gasteiger charge is 2.30. The Morgan fingerprint density at radius 1 is 1.35 bits per heavy atom. The molecule has 4 N–H and O–H groups in total. The number of nitrogen functional groups attached to an aromatic ring is 1. The molecule has 1 atom stereocenters. The van der Waals surface area contributed by atoms with Crippen LogP contribution in [0.25, 0.3) is 0 Å². The summed E-state index contributed by atoms with van der Waals surface area (Å²) in [6, 6.07) is 1.74. The highest BCUT2D eigenvalue weighted by molar-refractivity contribution is 7.92. The largest absolute Gasteiger partial charge is 0.370 e. The van der Waals surface area contributed by atoms with Gasteiger partial charge in [0.1, 0.15) is 11.6 Å². The van der Waals surface area contributed by atoms with Crippen molar-refractivity contribution in [1.82, 2.24) is 9.97 Å². The lowest BCUT2D eigenvalue weighted by molar-refractivity contribution is 0.591. The van der Waals surface area contributed by atoms with Crippen LogP contribution in [0.4, 0.5) is 17.6 Å². The second-order valence-corrected chi connectivity index (χ2v) is 7.34. The van der Waals surface area contributed by atoms with Crippen molar-refractivity contribution in [2.24, 2.45) is 0 Å². The maximum atomic E-state index is 11.7. The third-order valence-corrected chi connectivity index (χ3v) is 5.55. The lowest BCUT2D eigenvalue weighted by Gasteiger charge is -2.12. The number of nitrogens with one attached hydrogen (secondary N) is 2. The van der Waals surface area contributed by atoms with Crippen molar-refractivity contribution < 1.29 is 8.42 Å². The fraction of sp³-hybridized carbons (Fsp3) is 0.667. The molecule has 0 amide bonds. The van der Waals surface area contributed by atoms with Gasteiger partial charge in [-0.1, -0.05) is 6.92 Å². The van der Waals surface area contributed by atoms with Gasteiger partial charge in [-0.25, -0.2) is 8.42 Å². The first kappa shape index (κ1) is 14.8. The number of hydrogen-bond acceptors (Lipinski definition) is 7. The Labute approximate surface area is 119 Å². The van der Waals surface area contributed by atoms with Crippen LogP contribution in [0.1, 0.15) is 26.2 Å². The molecule has 0 saturated carbocycles. The molecular formula is C12H21N5O2S. The summed E-state index contributed by atoms with van der Waals surface area (Å²) in [6.07, 6.45) is 2.42. The minimum absolute atomic E-state index is 0.169. The van der Waals surface area contributed by atoms with Crippen molar-refractivity contribution in [1.29, 1.82) is 0 Å². The van der Waals surface area contributed by atoms with Gasteiger partial charge >= 0.3 is 0 Å². The first-order valence-corrected chi connectivity index (χ1v) is 8.56. The van der Waals surface area contributed by atoms with Gasteiger partial charge in [-0.2, -0.15) is 9.97 Å². The Morgan fingerprint density at radius 2 is 2.05 bits per heavy atom. The van der Waals surface area contributed by atoms with E-state index in [0.717, 1.165) is 19.4 Å². The molecule has 1 aromatic rings. The summed E-state index contributed by atoms with van der Waals surface area (Å²) < 4.78 is 23.5. The molecule has 1 fully saturated rings. The zero-order valence-electron chi connectivity index (χ0n) is 11.6. The molecule has 0 aliphatic carbocycles. The SMILES string of the molecule is CCCNc1cc(NCC2CCCS2(=O)=O)nc(N)n1. The van der Waals surface area contributed by atoms with Crippen LogP contribution in [0, 0.1) is 0 Å². The molecule has 20 heavy (non-hydrogen) atoms. The van der Waals surface area contributed by atoms with E-state index in [0.29, 0.717) is 24.6 Å². The number of aromatic nitrogens is 2. The van der Waals surface area contributed by atoms with Gasteiger partial charge in [0.25, 0.3) is 0 Å². The molecule has 1 saturated heterocycles. The van der Waals surface area contributed by atoms with Gasteiger partial charge in [0.2, 0.25) is 5.95 Å². The van der Waals surface area contributed by atoms with Gasteiger partial charge in [0.05, 0.1) is 11.0 Å². The fourth-order valence-corrected chi connectivity index (χ4v) is 3.97. The molecular weight excluding hydrogens is 278 g/mol. The van der Waals surface area contributed by atoms with Gasteiger partial charge in [-0.05, 0) is 19.3 Å². The van der Waals surface area contributed by atoms with E-state index in [1.54, 1.807) is 6.07 Å². The van der Waals surface area contributed by atoms with E-state index in [2.05, 4.69) is 27.5 Å². The number of nitrogens with zero attached hydrogens (tertiary/aromatic N) is 2. The molecule has 0 spiro atoms. The summed E-state index contributed by atoms with van der Waals surface area (Å²) in [5.74, 6) is 1.66. The molecule has 1 aliphatic heterocycles. The van der Waals surface area contributed by atoms with Gasteiger partial charge in [-0.3, -0.25) is 0 Å². The van der Waals surface area contributed by atoms with E-state index < -0.39 is 9.84 Å². The average Bonchev–Trinajstić information content (AvgIpc) is 2.72. The quantitative estimate of drug-likeness (QED) is 0.715. The molecule has 2 heterocycles. The second kappa shape index (κ2) is 6.25. The highest BCUT2D eigenvalue weighted by atomic mass is 32.2. The minimum atomic E-state index is -2.94. The van der Waals surface area contributed by atoms with Gasteiger partial charge in [0, 0.05) is 19.2 Å². The smallest absolute Gasteiger partial charge is 0.223 e. The van der Waals surface area contributed by atoms with E-state index in [4.69, 9.17) is 5.73 Å². The van der Waals surface area contributed by atoms with Gasteiger partial charge in [0.15, 0.2) is 9.84 Å². The van der Waals surface area contributed by atoms with Crippen molar-refractivity contribution in [3.8, 4) is 0 Å². The van der Waals surface area contributed by atoms with E-state index in [1.165, 1.54) is 0 Å². The summed E-state index contributed by atoms with van der Waals surface area (Å²) in [6.45, 7) is 3.22. The van der Waals surface area contributed by atoms with Crippen molar-refractivity contribution in [3.63, 3.8) is 0 Å². The van der Waals surface area contributed by atoms with Crippen LogP contribution in [0.15, 0.2) is 6.07 Å². The Bertz CT molecular complexity index is 561. The first-order valence-electron chi connectivity index (χ1n) is 6.85. The molecule has 2 rings (SSSR count). The zero-order chi connectivity index (χ0) is 14.6. The molecule has 1 aromatic heterocycles. The molecule has 0 aromatic carbocycles. The molecule has 8 heteroatoms. The summed E-state index contributed by atoms with van der Waals surface area (Å²) in [7, 11) is -2.94. The topological polar surface area (TPSA) is 110 Å². The minimum Gasteiger partial charge on any atom is -0.370 e. The van der Waals surface area contributed by atoms with E-state index in [1.807, 2.05) is 0 Å². The summed E-state index contributed by atoms with van der Waals surface area (Å²) in [5, 5.41) is 5.85. The molecule has 112 valence electrons. The van der Waals surface area contributed by atoms with Crippen LogP contribution in [0.2, 0.25) is 0 Å². The van der Waals surface area contributed by atoms with Gasteiger partial charge < -0.3 is 16.4 Å². The predicted molar refractivity (Wildman–Crippen MR) is 80.5 cm³/mol. The third-order valence-electron chi connectivity index (χ3n) is 3.27. The molecule has 1 aliphatic rings. The van der Waals surface area contributed by atoms with E-state index in [9.17, 15) is 8.42 Å². The van der Waals surface area contributed by atoms with Crippen molar-refractivity contribution in [2.45, 2.75) is 31.4 Å². The van der Waals surface area contributed by atoms with Crippen LogP contribution >= 0.6 is 0 Å². The van der Waals surface area contributed by atoms with Crippen LogP contribution in [0.5, 0.6) is 0 Å². The third kappa shape index (κ3) is 3.72. The first-order chi connectivity index (χ1) is 9.51. The zero-order valence-corrected chi connectivity index (χ0v) is 12.4. The van der Waals surface area contributed by atoms with Crippen LogP contribution < -0.4 is 16.4 Å². The van der Waals surface area contributed by atoms with Crippen LogP contribution in [-0.4, -0.2) is 42.5 Å². The standard InChI is InChI=1S/C12H21N5O2S/c1-2-5-14-10-7-11(17-12(13)16-10)15-8-9-4-3-6-20(9,18)19/h7,9H,2-6,8H2,1H3,(H4,13,14,15,16,17). The van der Waals surface area contributed by atoms with Crippen molar-refractivity contribution >= 4 is 27.4 Å². The normalized spacial score (nSPS) is 20.8. The Kier molecular flexibility index (Phi) is 4.64. The summed E-state index contributed by atoms with van der Waals surface area (Å²) in [5.41, 5.74) is 5.65. The lowest BCUT2D eigenvalue weighted by atomic mass is 10.2. The average molecular weight is 299 g/mol. The number of nitrogens with two attached hydrogens (primary N) is 1. The number of rotatable bonds is 6. The number of sulfone groups is 1. The molecule has 7 nitrogen and oxygen atoms in total. The lowest BCUT2D eigenvalue weighted by Crippen LogP contribution is -2.25. The van der Waals surface area contributed by atoms with Crippen molar-refractivity contribution in [3.05, 3.63) is 6.07 Å². The number of hydrogen-bond donors (Lipinski definition) is 3. The maximum Gasteiger partial charge on any atom is 0.223 e. The molecule has 0 bridgehead atoms. The summed E-state index contributed by atoms with van der Waals surface area (Å²) in [4.78, 5) is 8.15. The van der Waals surface area contributed by atoms with Crippen LogP contribution in [0.3, 0.4) is 0 Å². The fourth-order valence-electron chi connectivity index (χ4n) is 2.21. The molecule has 0 radical (unpaired) electrons. The summed E-state index contributed by atoms with van der Waals surface area (Å²) >= 11 is 0. The monoisotopic (exact) mass is 299 g/mol. The van der Waals surface area contributed by atoms with E-state index in [-0.39, 0.29) is 17.0 Å². The second-order valence-electron chi connectivity index (χ2n) is 4.94. The Hall–Kier alpha value is -1.57. The van der Waals surface area contributed by atoms with Crippen LogP contribution in [-0.2, 0) is 9.84 Å². The Morgan fingerprint density at radius 3 is 2.65 bits per heavy atom. The van der Waals surface area contributed by atoms with E-state index >= 15 is 0 Å². The predicted octanol–water partition coefficient (Wildman–Crippen LogP) is 0.870. The molecule has 1 unspecified atom stereocenters.